The molecule has 0 bridgehead atoms. The Kier molecular flexibility index (Phi) is 4.11. The second kappa shape index (κ2) is 6.04. The first-order valence-electron chi connectivity index (χ1n) is 7.86. The van der Waals surface area contributed by atoms with Crippen molar-refractivity contribution in [3.63, 3.8) is 0 Å². The molecule has 0 amide bonds. The van der Waals surface area contributed by atoms with Crippen LogP contribution in [0.15, 0.2) is 12.3 Å². The van der Waals surface area contributed by atoms with Crippen LogP contribution in [-0.2, 0) is 7.05 Å². The van der Waals surface area contributed by atoms with Crippen molar-refractivity contribution in [3.05, 3.63) is 23.4 Å². The van der Waals surface area contributed by atoms with E-state index in [2.05, 4.69) is 39.4 Å². The number of hydrogen-bond acceptors (Lipinski definition) is 5. The zero-order valence-corrected chi connectivity index (χ0v) is 13.8. The maximum absolute atomic E-state index is 4.53. The number of nitrogens with zero attached hydrogens (tertiary/aromatic N) is 5. The molecule has 0 unspecified atom stereocenters. The van der Waals surface area contributed by atoms with Gasteiger partial charge < -0.3 is 10.2 Å². The van der Waals surface area contributed by atoms with Gasteiger partial charge in [0.05, 0.1) is 5.69 Å². The number of rotatable bonds is 3. The Hall–Kier alpha value is -1.95. The van der Waals surface area contributed by atoms with Gasteiger partial charge in [0, 0.05) is 32.4 Å². The molecule has 0 aliphatic carbocycles. The molecule has 0 saturated carbocycles. The summed E-state index contributed by atoms with van der Waals surface area (Å²) in [5.41, 5.74) is 4.33. The number of aromatic nitrogens is 4. The highest BCUT2D eigenvalue weighted by atomic mass is 15.3. The normalized spacial score (nSPS) is 16.3. The van der Waals surface area contributed by atoms with Gasteiger partial charge in [-0.1, -0.05) is 0 Å². The van der Waals surface area contributed by atoms with E-state index in [1.54, 1.807) is 6.20 Å². The summed E-state index contributed by atoms with van der Waals surface area (Å²) in [7, 11) is 3.97. The molecule has 0 spiro atoms. The summed E-state index contributed by atoms with van der Waals surface area (Å²) in [6, 6.07) is 2.61. The third-order valence-corrected chi connectivity index (χ3v) is 4.76. The molecule has 1 N–H and O–H groups in total. The molecule has 1 fully saturated rings. The molecule has 3 rings (SSSR count). The SMILES string of the molecule is CNC1CCN(c2nnc(-c3ccnn3C)c(C)c2C)CC1. The summed E-state index contributed by atoms with van der Waals surface area (Å²) < 4.78 is 1.84. The fourth-order valence-electron chi connectivity index (χ4n) is 3.12. The maximum atomic E-state index is 4.53. The zero-order chi connectivity index (χ0) is 15.7. The van der Waals surface area contributed by atoms with Crippen molar-refractivity contribution in [3.8, 4) is 11.4 Å². The van der Waals surface area contributed by atoms with Crippen LogP contribution in [0.4, 0.5) is 5.82 Å². The van der Waals surface area contributed by atoms with Crippen LogP contribution in [0.1, 0.15) is 24.0 Å². The van der Waals surface area contributed by atoms with E-state index >= 15 is 0 Å². The third kappa shape index (κ3) is 2.59. The summed E-state index contributed by atoms with van der Waals surface area (Å²) in [4.78, 5) is 2.36. The lowest BCUT2D eigenvalue weighted by molar-refractivity contribution is 0.439. The van der Waals surface area contributed by atoms with Gasteiger partial charge in [-0.15, -0.1) is 10.2 Å². The lowest BCUT2D eigenvalue weighted by Crippen LogP contribution is -2.42. The van der Waals surface area contributed by atoms with Crippen LogP contribution in [0.25, 0.3) is 11.4 Å². The van der Waals surface area contributed by atoms with Crippen molar-refractivity contribution >= 4 is 5.82 Å². The van der Waals surface area contributed by atoms with Crippen molar-refractivity contribution in [2.75, 3.05) is 25.0 Å². The molecule has 1 saturated heterocycles. The number of piperidine rings is 1. The molecule has 1 aliphatic heterocycles. The second-order valence-electron chi connectivity index (χ2n) is 6.01. The number of anilines is 1. The Morgan fingerprint density at radius 3 is 2.45 bits per heavy atom. The Balaban J connectivity index is 1.89. The lowest BCUT2D eigenvalue weighted by atomic mass is 10.0. The summed E-state index contributed by atoms with van der Waals surface area (Å²) in [5, 5.41) is 16.6. The van der Waals surface area contributed by atoms with E-state index in [1.165, 1.54) is 11.1 Å². The van der Waals surface area contributed by atoms with Gasteiger partial charge in [0.25, 0.3) is 0 Å². The summed E-state index contributed by atoms with van der Waals surface area (Å²) >= 11 is 0. The lowest BCUT2D eigenvalue weighted by Gasteiger charge is -2.33. The van der Waals surface area contributed by atoms with Gasteiger partial charge in [0.2, 0.25) is 0 Å². The fourth-order valence-corrected chi connectivity index (χ4v) is 3.12. The fraction of sp³-hybridized carbons (Fsp3) is 0.562. The van der Waals surface area contributed by atoms with Crippen LogP contribution < -0.4 is 10.2 Å². The van der Waals surface area contributed by atoms with Crippen LogP contribution in [0.2, 0.25) is 0 Å². The van der Waals surface area contributed by atoms with Crippen molar-refractivity contribution in [1.29, 1.82) is 0 Å². The van der Waals surface area contributed by atoms with Gasteiger partial charge in [0.15, 0.2) is 5.82 Å². The van der Waals surface area contributed by atoms with Crippen molar-refractivity contribution in [2.45, 2.75) is 32.7 Å². The van der Waals surface area contributed by atoms with E-state index in [9.17, 15) is 0 Å². The third-order valence-electron chi connectivity index (χ3n) is 4.76. The Morgan fingerprint density at radius 2 is 1.86 bits per heavy atom. The molecule has 118 valence electrons. The molecule has 6 heteroatoms. The van der Waals surface area contributed by atoms with Crippen LogP contribution >= 0.6 is 0 Å². The molecule has 1 aliphatic rings. The molecule has 6 nitrogen and oxygen atoms in total. The molecule has 0 aromatic carbocycles. The minimum atomic E-state index is 0.624. The molecule has 2 aromatic rings. The van der Waals surface area contributed by atoms with Gasteiger partial charge in [-0.3, -0.25) is 4.68 Å². The number of aryl methyl sites for hydroxylation is 1. The Bertz CT molecular complexity index is 655. The van der Waals surface area contributed by atoms with Gasteiger partial charge in [0.1, 0.15) is 5.69 Å². The van der Waals surface area contributed by atoms with E-state index in [0.717, 1.165) is 43.1 Å². The summed E-state index contributed by atoms with van der Waals surface area (Å²) in [6.45, 7) is 6.33. The first kappa shape index (κ1) is 15.0. The molecule has 2 aromatic heterocycles. The molecule has 0 radical (unpaired) electrons. The van der Waals surface area contributed by atoms with E-state index in [4.69, 9.17) is 0 Å². The van der Waals surface area contributed by atoms with Crippen LogP contribution in [0, 0.1) is 13.8 Å². The smallest absolute Gasteiger partial charge is 0.154 e. The molecular weight excluding hydrogens is 276 g/mol. The number of nitrogens with one attached hydrogen (secondary N) is 1. The molecule has 22 heavy (non-hydrogen) atoms. The van der Waals surface area contributed by atoms with Crippen molar-refractivity contribution in [1.82, 2.24) is 25.3 Å². The van der Waals surface area contributed by atoms with Gasteiger partial charge in [-0.05, 0) is 50.9 Å². The monoisotopic (exact) mass is 300 g/mol. The van der Waals surface area contributed by atoms with E-state index < -0.39 is 0 Å². The van der Waals surface area contributed by atoms with Crippen molar-refractivity contribution < 1.29 is 0 Å². The summed E-state index contributed by atoms with van der Waals surface area (Å²) in [6.07, 6.45) is 4.10. The minimum absolute atomic E-state index is 0.624. The quantitative estimate of drug-likeness (QED) is 0.934. The topological polar surface area (TPSA) is 58.9 Å². The predicted octanol–water partition coefficient (Wildman–Crippen LogP) is 1.68. The molecule has 0 atom stereocenters. The second-order valence-corrected chi connectivity index (χ2v) is 6.01. The van der Waals surface area contributed by atoms with Crippen LogP contribution in [-0.4, -0.2) is 46.2 Å². The first-order valence-corrected chi connectivity index (χ1v) is 7.86. The largest absolute Gasteiger partial charge is 0.355 e. The number of hydrogen-bond donors (Lipinski definition) is 1. The predicted molar refractivity (Wildman–Crippen MR) is 88.0 cm³/mol. The van der Waals surface area contributed by atoms with E-state index in [-0.39, 0.29) is 0 Å². The highest BCUT2D eigenvalue weighted by Gasteiger charge is 2.22. The minimum Gasteiger partial charge on any atom is -0.355 e. The molecular formula is C16H24N6. The van der Waals surface area contributed by atoms with Crippen molar-refractivity contribution in [2.24, 2.45) is 7.05 Å². The van der Waals surface area contributed by atoms with Gasteiger partial charge in [-0.25, -0.2) is 0 Å². The van der Waals surface area contributed by atoms with Gasteiger partial charge in [-0.2, -0.15) is 5.10 Å². The van der Waals surface area contributed by atoms with Gasteiger partial charge >= 0.3 is 0 Å². The van der Waals surface area contributed by atoms with E-state index in [0.29, 0.717) is 6.04 Å². The van der Waals surface area contributed by atoms with Crippen LogP contribution in [0.3, 0.4) is 0 Å². The Morgan fingerprint density at radius 1 is 1.14 bits per heavy atom. The standard InChI is InChI=1S/C16H24N6/c1-11-12(2)16(22-9-6-13(17-3)7-10-22)20-19-15(11)14-5-8-18-21(14)4/h5,8,13,17H,6-7,9-10H2,1-4H3. The average molecular weight is 300 g/mol. The highest BCUT2D eigenvalue weighted by Crippen LogP contribution is 2.28. The first-order chi connectivity index (χ1) is 10.6. The van der Waals surface area contributed by atoms with E-state index in [1.807, 2.05) is 24.8 Å². The zero-order valence-electron chi connectivity index (χ0n) is 13.8. The average Bonchev–Trinajstić information content (AvgIpc) is 2.96. The maximum Gasteiger partial charge on any atom is 0.154 e. The molecule has 3 heterocycles. The summed E-state index contributed by atoms with van der Waals surface area (Å²) in [5.74, 6) is 1.03. The van der Waals surface area contributed by atoms with Crippen LogP contribution in [0.5, 0.6) is 0 Å². The Labute approximate surface area is 131 Å². The highest BCUT2D eigenvalue weighted by molar-refractivity contribution is 5.64.